The maximum Gasteiger partial charge on any atom is 0.0948 e. The molecule has 0 radical (unpaired) electrons. The number of rotatable bonds is 3. The molecule has 2 heterocycles. The van der Waals surface area contributed by atoms with E-state index in [1.807, 2.05) is 42.5 Å². The average molecular weight is 284 g/mol. The summed E-state index contributed by atoms with van der Waals surface area (Å²) in [7, 11) is 0. The van der Waals surface area contributed by atoms with Gasteiger partial charge in [-0.1, -0.05) is 17.7 Å². The van der Waals surface area contributed by atoms with Crippen LogP contribution >= 0.6 is 11.6 Å². The number of pyridine rings is 2. The molecule has 0 aliphatic carbocycles. The predicted octanol–water partition coefficient (Wildman–Crippen LogP) is 4.46. The van der Waals surface area contributed by atoms with Crippen LogP contribution in [0.3, 0.4) is 0 Å². The van der Waals surface area contributed by atoms with Crippen molar-refractivity contribution in [3.8, 4) is 0 Å². The lowest BCUT2D eigenvalue weighted by Gasteiger charge is -2.16. The largest absolute Gasteiger partial charge is 0.375 e. The summed E-state index contributed by atoms with van der Waals surface area (Å²) >= 11 is 6.20. The first-order chi connectivity index (χ1) is 9.75. The normalized spacial score (nSPS) is 12.3. The number of benzene rings is 1. The van der Waals surface area contributed by atoms with Crippen molar-refractivity contribution in [1.29, 1.82) is 0 Å². The van der Waals surface area contributed by atoms with E-state index in [1.54, 1.807) is 12.4 Å². The Morgan fingerprint density at radius 3 is 2.65 bits per heavy atom. The third-order valence-electron chi connectivity index (χ3n) is 3.22. The minimum absolute atomic E-state index is 0.0996. The second kappa shape index (κ2) is 5.47. The molecular weight excluding hydrogens is 270 g/mol. The molecule has 1 atom stereocenters. The molecule has 3 nitrogen and oxygen atoms in total. The summed E-state index contributed by atoms with van der Waals surface area (Å²) in [6.45, 7) is 2.08. The molecule has 1 unspecified atom stereocenters. The first-order valence-electron chi connectivity index (χ1n) is 6.46. The molecule has 0 spiro atoms. The number of halogens is 1. The molecule has 100 valence electrons. The van der Waals surface area contributed by atoms with Crippen LogP contribution in [0.5, 0.6) is 0 Å². The fourth-order valence-electron chi connectivity index (χ4n) is 2.19. The lowest BCUT2D eigenvalue weighted by Crippen LogP contribution is -2.08. The fourth-order valence-corrected chi connectivity index (χ4v) is 2.41. The molecule has 20 heavy (non-hydrogen) atoms. The zero-order chi connectivity index (χ0) is 13.9. The molecule has 0 aliphatic heterocycles. The Hall–Kier alpha value is -2.13. The van der Waals surface area contributed by atoms with Crippen molar-refractivity contribution in [2.45, 2.75) is 13.0 Å². The summed E-state index contributed by atoms with van der Waals surface area (Å²) in [6, 6.07) is 13.7. The molecule has 1 aromatic carbocycles. The van der Waals surface area contributed by atoms with Crippen molar-refractivity contribution in [3.05, 3.63) is 65.6 Å². The van der Waals surface area contributed by atoms with Gasteiger partial charge in [-0.05, 0) is 43.3 Å². The number of aromatic nitrogens is 2. The maximum atomic E-state index is 6.20. The van der Waals surface area contributed by atoms with E-state index in [-0.39, 0.29) is 6.04 Å². The third-order valence-corrected chi connectivity index (χ3v) is 3.55. The van der Waals surface area contributed by atoms with E-state index in [0.29, 0.717) is 5.02 Å². The zero-order valence-corrected chi connectivity index (χ0v) is 11.8. The Bertz CT molecular complexity index is 728. The maximum absolute atomic E-state index is 6.20. The highest BCUT2D eigenvalue weighted by atomic mass is 35.5. The van der Waals surface area contributed by atoms with Gasteiger partial charge in [-0.3, -0.25) is 9.97 Å². The minimum Gasteiger partial charge on any atom is -0.375 e. The second-order valence-electron chi connectivity index (χ2n) is 4.62. The second-order valence-corrected chi connectivity index (χ2v) is 5.02. The highest BCUT2D eigenvalue weighted by Gasteiger charge is 2.10. The molecule has 0 fully saturated rings. The Labute approximate surface area is 122 Å². The first kappa shape index (κ1) is 12.9. The third kappa shape index (κ3) is 2.45. The molecular formula is C16H14ClN3. The van der Waals surface area contributed by atoms with Crippen molar-refractivity contribution in [1.82, 2.24) is 9.97 Å². The summed E-state index contributed by atoms with van der Waals surface area (Å²) in [5.74, 6) is 0. The van der Waals surface area contributed by atoms with Gasteiger partial charge in [0.15, 0.2) is 0 Å². The van der Waals surface area contributed by atoms with Crippen molar-refractivity contribution in [3.63, 3.8) is 0 Å². The van der Waals surface area contributed by atoms with Gasteiger partial charge < -0.3 is 5.32 Å². The molecule has 1 N–H and O–H groups in total. The van der Waals surface area contributed by atoms with Gasteiger partial charge in [0, 0.05) is 17.8 Å². The number of anilines is 1. The van der Waals surface area contributed by atoms with Gasteiger partial charge in [0.2, 0.25) is 0 Å². The summed E-state index contributed by atoms with van der Waals surface area (Å²) in [5.41, 5.74) is 2.83. The number of nitrogens with zero attached hydrogens (tertiary/aromatic N) is 2. The standard InChI is InChI=1S/C16H14ClN3/c1-11(14-6-2-3-9-18-14)20-15-8-7-13(17)12-5-4-10-19-16(12)15/h2-11,20H,1H3. The summed E-state index contributed by atoms with van der Waals surface area (Å²) in [4.78, 5) is 8.78. The van der Waals surface area contributed by atoms with Crippen LogP contribution in [-0.2, 0) is 0 Å². The van der Waals surface area contributed by atoms with Gasteiger partial charge in [0.1, 0.15) is 0 Å². The van der Waals surface area contributed by atoms with Gasteiger partial charge in [-0.25, -0.2) is 0 Å². The van der Waals surface area contributed by atoms with E-state index in [9.17, 15) is 0 Å². The van der Waals surface area contributed by atoms with Crippen LogP contribution < -0.4 is 5.32 Å². The predicted molar refractivity (Wildman–Crippen MR) is 83.0 cm³/mol. The van der Waals surface area contributed by atoms with Crippen LogP contribution in [0, 0.1) is 0 Å². The molecule has 3 aromatic rings. The fraction of sp³-hybridized carbons (Fsp3) is 0.125. The SMILES string of the molecule is CC(Nc1ccc(Cl)c2cccnc12)c1ccccn1. The van der Waals surface area contributed by atoms with E-state index in [0.717, 1.165) is 22.3 Å². The van der Waals surface area contributed by atoms with Crippen LogP contribution in [0.2, 0.25) is 5.02 Å². The molecule has 3 rings (SSSR count). The van der Waals surface area contributed by atoms with E-state index in [2.05, 4.69) is 22.2 Å². The molecule has 0 saturated heterocycles. The molecule has 0 aliphatic rings. The Morgan fingerprint density at radius 2 is 1.85 bits per heavy atom. The summed E-state index contributed by atoms with van der Waals surface area (Å²) < 4.78 is 0. The summed E-state index contributed by atoms with van der Waals surface area (Å²) in [6.07, 6.45) is 3.57. The van der Waals surface area contributed by atoms with Crippen LogP contribution in [0.4, 0.5) is 5.69 Å². The molecule has 0 saturated carbocycles. The number of hydrogen-bond acceptors (Lipinski definition) is 3. The van der Waals surface area contributed by atoms with Gasteiger partial charge in [0.25, 0.3) is 0 Å². The highest BCUT2D eigenvalue weighted by Crippen LogP contribution is 2.29. The number of nitrogens with one attached hydrogen (secondary N) is 1. The minimum atomic E-state index is 0.0996. The highest BCUT2D eigenvalue weighted by molar-refractivity contribution is 6.35. The van der Waals surface area contributed by atoms with Crippen LogP contribution in [0.25, 0.3) is 10.9 Å². The average Bonchev–Trinajstić information content (AvgIpc) is 2.51. The van der Waals surface area contributed by atoms with Gasteiger partial charge in [-0.15, -0.1) is 0 Å². The zero-order valence-electron chi connectivity index (χ0n) is 11.0. The van der Waals surface area contributed by atoms with Crippen molar-refractivity contribution in [2.75, 3.05) is 5.32 Å². The molecule has 0 amide bonds. The lowest BCUT2D eigenvalue weighted by molar-refractivity contribution is 0.840. The van der Waals surface area contributed by atoms with Crippen molar-refractivity contribution >= 4 is 28.2 Å². The molecule has 2 aromatic heterocycles. The van der Waals surface area contributed by atoms with Gasteiger partial charge >= 0.3 is 0 Å². The Balaban J connectivity index is 1.97. The Kier molecular flexibility index (Phi) is 3.52. The van der Waals surface area contributed by atoms with Crippen LogP contribution in [0.1, 0.15) is 18.7 Å². The Morgan fingerprint density at radius 1 is 1.00 bits per heavy atom. The van der Waals surface area contributed by atoms with Gasteiger partial charge in [-0.2, -0.15) is 0 Å². The van der Waals surface area contributed by atoms with Crippen molar-refractivity contribution in [2.24, 2.45) is 0 Å². The lowest BCUT2D eigenvalue weighted by atomic mass is 10.1. The van der Waals surface area contributed by atoms with Crippen molar-refractivity contribution < 1.29 is 0 Å². The van der Waals surface area contributed by atoms with Gasteiger partial charge in [0.05, 0.1) is 28.0 Å². The van der Waals surface area contributed by atoms with Crippen LogP contribution in [-0.4, -0.2) is 9.97 Å². The van der Waals surface area contributed by atoms with Crippen LogP contribution in [0.15, 0.2) is 54.9 Å². The van der Waals surface area contributed by atoms with E-state index in [4.69, 9.17) is 11.6 Å². The van der Waals surface area contributed by atoms with E-state index in [1.165, 1.54) is 0 Å². The summed E-state index contributed by atoms with van der Waals surface area (Å²) in [5, 5.41) is 5.11. The monoisotopic (exact) mass is 283 g/mol. The molecule has 0 bridgehead atoms. The topological polar surface area (TPSA) is 37.8 Å². The number of hydrogen-bond donors (Lipinski definition) is 1. The quantitative estimate of drug-likeness (QED) is 0.771. The first-order valence-corrected chi connectivity index (χ1v) is 6.84. The molecule has 4 heteroatoms. The van der Waals surface area contributed by atoms with E-state index >= 15 is 0 Å². The van der Waals surface area contributed by atoms with E-state index < -0.39 is 0 Å². The smallest absolute Gasteiger partial charge is 0.0948 e. The number of fused-ring (bicyclic) bond motifs is 1.